The Labute approximate surface area is 110 Å². The highest BCUT2D eigenvalue weighted by Gasteiger charge is 2.00. The van der Waals surface area contributed by atoms with Crippen LogP contribution in [0.2, 0.25) is 0 Å². The molecule has 2 aromatic heterocycles. The van der Waals surface area contributed by atoms with E-state index in [4.69, 9.17) is 5.73 Å². The predicted molar refractivity (Wildman–Crippen MR) is 73.1 cm³/mol. The van der Waals surface area contributed by atoms with Crippen molar-refractivity contribution in [2.75, 3.05) is 5.73 Å². The van der Waals surface area contributed by atoms with Gasteiger partial charge in [0.15, 0.2) is 0 Å². The maximum atomic E-state index is 5.60. The Balaban J connectivity index is 1.62. The smallest absolute Gasteiger partial charge is 0.144 e. The lowest BCUT2D eigenvalue weighted by atomic mass is 10.2. The van der Waals surface area contributed by atoms with E-state index in [0.717, 1.165) is 17.6 Å². The number of H-pyrrole nitrogens is 1. The first-order valence-electron chi connectivity index (χ1n) is 6.01. The Morgan fingerprint density at radius 2 is 2.11 bits per heavy atom. The molecule has 1 aromatic carbocycles. The van der Waals surface area contributed by atoms with Gasteiger partial charge in [0.1, 0.15) is 11.6 Å². The van der Waals surface area contributed by atoms with Gasteiger partial charge in [-0.05, 0) is 23.8 Å². The number of fused-ring (bicyclic) bond motifs is 1. The van der Waals surface area contributed by atoms with Gasteiger partial charge in [-0.25, -0.2) is 15.0 Å². The van der Waals surface area contributed by atoms with Crippen LogP contribution in [0.15, 0.2) is 36.8 Å². The number of aromatic nitrogens is 4. The highest BCUT2D eigenvalue weighted by atomic mass is 15.0. The Morgan fingerprint density at radius 1 is 1.16 bits per heavy atom. The van der Waals surface area contributed by atoms with Crippen molar-refractivity contribution >= 4 is 16.9 Å². The molecular formula is C13H14N6. The van der Waals surface area contributed by atoms with E-state index in [1.807, 2.05) is 6.07 Å². The molecule has 0 saturated heterocycles. The number of rotatable bonds is 4. The van der Waals surface area contributed by atoms with Crippen molar-refractivity contribution in [1.82, 2.24) is 25.3 Å². The molecule has 6 nitrogen and oxygen atoms in total. The van der Waals surface area contributed by atoms with Crippen LogP contribution >= 0.6 is 0 Å². The van der Waals surface area contributed by atoms with Crippen molar-refractivity contribution in [2.45, 2.75) is 13.1 Å². The molecule has 0 aliphatic carbocycles. The van der Waals surface area contributed by atoms with Crippen LogP contribution in [0.3, 0.4) is 0 Å². The fourth-order valence-electron chi connectivity index (χ4n) is 1.91. The number of nitrogen functional groups attached to an aromatic ring is 1. The van der Waals surface area contributed by atoms with Gasteiger partial charge in [-0.3, -0.25) is 0 Å². The molecule has 0 aliphatic heterocycles. The van der Waals surface area contributed by atoms with E-state index in [-0.39, 0.29) is 0 Å². The molecule has 4 N–H and O–H groups in total. The van der Waals surface area contributed by atoms with E-state index in [1.54, 1.807) is 18.6 Å². The molecule has 0 aliphatic rings. The van der Waals surface area contributed by atoms with Crippen LogP contribution in [-0.2, 0) is 13.1 Å². The number of imidazole rings is 1. The van der Waals surface area contributed by atoms with Gasteiger partial charge in [-0.2, -0.15) is 0 Å². The maximum Gasteiger partial charge on any atom is 0.144 e. The second-order valence-electron chi connectivity index (χ2n) is 4.26. The molecule has 0 amide bonds. The first kappa shape index (κ1) is 11.6. The molecule has 0 unspecified atom stereocenters. The monoisotopic (exact) mass is 254 g/mol. The third-order valence-electron chi connectivity index (χ3n) is 2.82. The summed E-state index contributed by atoms with van der Waals surface area (Å²) in [6.07, 6.45) is 3.36. The lowest BCUT2D eigenvalue weighted by molar-refractivity contribution is 0.663. The Bertz CT molecular complexity index is 690. The molecule has 0 bridgehead atoms. The minimum absolute atomic E-state index is 0.491. The summed E-state index contributed by atoms with van der Waals surface area (Å²) < 4.78 is 0. The van der Waals surface area contributed by atoms with Gasteiger partial charge in [0.05, 0.1) is 23.9 Å². The number of aromatic amines is 1. The molecule has 0 atom stereocenters. The Hall–Kier alpha value is -2.47. The van der Waals surface area contributed by atoms with Gasteiger partial charge in [-0.15, -0.1) is 0 Å². The van der Waals surface area contributed by atoms with Gasteiger partial charge in [0.2, 0.25) is 0 Å². The molecule has 96 valence electrons. The fourth-order valence-corrected chi connectivity index (χ4v) is 1.91. The molecule has 3 aromatic rings. The largest absolute Gasteiger partial charge is 0.384 e. The summed E-state index contributed by atoms with van der Waals surface area (Å²) in [6, 6.07) is 7.81. The number of nitrogens with two attached hydrogens (primary N) is 1. The summed E-state index contributed by atoms with van der Waals surface area (Å²) in [4.78, 5) is 15.6. The summed E-state index contributed by atoms with van der Waals surface area (Å²) in [5.74, 6) is 1.19. The van der Waals surface area contributed by atoms with Crippen molar-refractivity contribution in [1.29, 1.82) is 0 Å². The summed E-state index contributed by atoms with van der Waals surface area (Å²) >= 11 is 0. The lowest BCUT2D eigenvalue weighted by Gasteiger charge is -2.04. The van der Waals surface area contributed by atoms with Gasteiger partial charge < -0.3 is 16.0 Å². The molecule has 0 saturated carbocycles. The zero-order valence-electron chi connectivity index (χ0n) is 10.3. The average Bonchev–Trinajstić information content (AvgIpc) is 2.86. The Kier molecular flexibility index (Phi) is 3.07. The highest BCUT2D eigenvalue weighted by molar-refractivity contribution is 5.74. The predicted octanol–water partition coefficient (Wildman–Crippen LogP) is 1.22. The zero-order chi connectivity index (χ0) is 13.1. The van der Waals surface area contributed by atoms with Crippen molar-refractivity contribution in [3.63, 3.8) is 0 Å². The van der Waals surface area contributed by atoms with E-state index in [9.17, 15) is 0 Å². The SMILES string of the molecule is Nc1ccnc(CNCc2ccc3nc[nH]c3c2)n1. The van der Waals surface area contributed by atoms with Crippen LogP contribution in [0, 0.1) is 0 Å². The standard InChI is InChI=1S/C13H14N6/c14-12-3-4-16-13(19-12)7-15-6-9-1-2-10-11(5-9)18-8-17-10/h1-5,8,15H,6-7H2,(H,17,18)(H2,14,16,19). The van der Waals surface area contributed by atoms with E-state index in [1.165, 1.54) is 5.56 Å². The van der Waals surface area contributed by atoms with Crippen molar-refractivity contribution in [3.05, 3.63) is 48.2 Å². The highest BCUT2D eigenvalue weighted by Crippen LogP contribution is 2.11. The second-order valence-corrected chi connectivity index (χ2v) is 4.26. The first-order valence-corrected chi connectivity index (χ1v) is 6.01. The number of anilines is 1. The molecule has 0 radical (unpaired) electrons. The first-order chi connectivity index (χ1) is 9.31. The van der Waals surface area contributed by atoms with Crippen LogP contribution in [0.4, 0.5) is 5.82 Å². The van der Waals surface area contributed by atoms with Crippen molar-refractivity contribution in [2.24, 2.45) is 0 Å². The summed E-state index contributed by atoms with van der Waals surface area (Å²) in [5.41, 5.74) is 8.80. The van der Waals surface area contributed by atoms with Crippen LogP contribution in [0.25, 0.3) is 11.0 Å². The summed E-state index contributed by atoms with van der Waals surface area (Å²) in [7, 11) is 0. The van der Waals surface area contributed by atoms with E-state index < -0.39 is 0 Å². The topological polar surface area (TPSA) is 92.5 Å². The second kappa shape index (κ2) is 5.03. The zero-order valence-corrected chi connectivity index (χ0v) is 10.3. The number of nitrogens with one attached hydrogen (secondary N) is 2. The van der Waals surface area contributed by atoms with Crippen molar-refractivity contribution < 1.29 is 0 Å². The quantitative estimate of drug-likeness (QED) is 0.651. The molecule has 19 heavy (non-hydrogen) atoms. The fraction of sp³-hybridized carbons (Fsp3) is 0.154. The molecule has 3 rings (SSSR count). The number of benzene rings is 1. The maximum absolute atomic E-state index is 5.60. The summed E-state index contributed by atoms with van der Waals surface area (Å²) in [5, 5.41) is 3.29. The summed E-state index contributed by atoms with van der Waals surface area (Å²) in [6.45, 7) is 1.33. The van der Waals surface area contributed by atoms with E-state index in [0.29, 0.717) is 18.2 Å². The molecular weight excluding hydrogens is 240 g/mol. The number of nitrogens with zero attached hydrogens (tertiary/aromatic N) is 3. The third kappa shape index (κ3) is 2.69. The van der Waals surface area contributed by atoms with Crippen LogP contribution < -0.4 is 11.1 Å². The average molecular weight is 254 g/mol. The van der Waals surface area contributed by atoms with E-state index in [2.05, 4.69) is 37.4 Å². The molecule has 2 heterocycles. The van der Waals surface area contributed by atoms with Gasteiger partial charge >= 0.3 is 0 Å². The Morgan fingerprint density at radius 3 is 3.00 bits per heavy atom. The third-order valence-corrected chi connectivity index (χ3v) is 2.82. The van der Waals surface area contributed by atoms with Gasteiger partial charge in [-0.1, -0.05) is 6.07 Å². The normalized spacial score (nSPS) is 10.9. The molecule has 0 spiro atoms. The van der Waals surface area contributed by atoms with Gasteiger partial charge in [0, 0.05) is 12.7 Å². The van der Waals surface area contributed by atoms with Crippen LogP contribution in [-0.4, -0.2) is 19.9 Å². The number of hydrogen-bond acceptors (Lipinski definition) is 5. The van der Waals surface area contributed by atoms with Crippen molar-refractivity contribution in [3.8, 4) is 0 Å². The van der Waals surface area contributed by atoms with Gasteiger partial charge in [0.25, 0.3) is 0 Å². The minimum atomic E-state index is 0.491. The van der Waals surface area contributed by atoms with E-state index >= 15 is 0 Å². The minimum Gasteiger partial charge on any atom is -0.384 e. The van der Waals surface area contributed by atoms with Crippen LogP contribution in [0.5, 0.6) is 0 Å². The van der Waals surface area contributed by atoms with Crippen LogP contribution in [0.1, 0.15) is 11.4 Å². The lowest BCUT2D eigenvalue weighted by Crippen LogP contribution is -2.15. The molecule has 0 fully saturated rings. The number of hydrogen-bond donors (Lipinski definition) is 3. The molecule has 6 heteroatoms.